The summed E-state index contributed by atoms with van der Waals surface area (Å²) in [6, 6.07) is 0. The van der Waals surface area contributed by atoms with Crippen LogP contribution in [0.3, 0.4) is 0 Å². The van der Waals surface area contributed by atoms with Gasteiger partial charge in [0.25, 0.3) is 0 Å². The van der Waals surface area contributed by atoms with Crippen molar-refractivity contribution in [3.8, 4) is 0 Å². The van der Waals surface area contributed by atoms with Crippen LogP contribution in [0.25, 0.3) is 0 Å². The van der Waals surface area contributed by atoms with Crippen molar-refractivity contribution in [1.82, 2.24) is 0 Å². The largest absolute Gasteiger partial charge is 0.390 e. The number of carbonyl (C=O) groups is 1. The fourth-order valence-electron chi connectivity index (χ4n) is 2.69. The molecular weight excluding hydrogens is 154 g/mol. The van der Waals surface area contributed by atoms with Crippen LogP contribution in [0, 0.1) is 11.8 Å². The molecule has 1 atom stereocenters. The molecule has 3 aliphatic rings. The van der Waals surface area contributed by atoms with E-state index in [9.17, 15) is 9.90 Å². The van der Waals surface area contributed by atoms with Gasteiger partial charge in [-0.15, -0.1) is 0 Å². The van der Waals surface area contributed by atoms with Crippen molar-refractivity contribution in [3.63, 3.8) is 0 Å². The molecule has 1 amide bonds. The standard InChI is InChI=1S/C9H15NO2/c10-8(11)7-5-9(12)3-1-6(7)2-4-9/h6-7,12H,1-5H2,(H2,10,11). The van der Waals surface area contributed by atoms with Crippen molar-refractivity contribution in [3.05, 3.63) is 0 Å². The van der Waals surface area contributed by atoms with E-state index in [0.29, 0.717) is 12.3 Å². The smallest absolute Gasteiger partial charge is 0.220 e. The van der Waals surface area contributed by atoms with Crippen LogP contribution in [0.5, 0.6) is 0 Å². The molecule has 0 saturated heterocycles. The summed E-state index contributed by atoms with van der Waals surface area (Å²) in [4.78, 5) is 11.0. The van der Waals surface area contributed by atoms with E-state index in [0.717, 1.165) is 25.7 Å². The SMILES string of the molecule is NC(=O)C1CC2(O)CCC1CC2. The summed E-state index contributed by atoms with van der Waals surface area (Å²) in [6.07, 6.45) is 4.28. The molecule has 68 valence electrons. The first kappa shape index (κ1) is 8.05. The van der Waals surface area contributed by atoms with Gasteiger partial charge in [0.15, 0.2) is 0 Å². The van der Waals surface area contributed by atoms with Gasteiger partial charge in [0.1, 0.15) is 0 Å². The number of aliphatic hydroxyl groups is 1. The van der Waals surface area contributed by atoms with Gasteiger partial charge >= 0.3 is 0 Å². The molecule has 1 unspecified atom stereocenters. The molecule has 2 bridgehead atoms. The Morgan fingerprint density at radius 3 is 2.33 bits per heavy atom. The molecule has 0 aliphatic heterocycles. The normalized spacial score (nSPS) is 46.1. The van der Waals surface area contributed by atoms with Gasteiger partial charge in [0, 0.05) is 5.92 Å². The van der Waals surface area contributed by atoms with Crippen LogP contribution >= 0.6 is 0 Å². The first-order valence-electron chi connectivity index (χ1n) is 4.62. The zero-order valence-corrected chi connectivity index (χ0v) is 7.12. The Hall–Kier alpha value is -0.570. The monoisotopic (exact) mass is 169 g/mol. The minimum absolute atomic E-state index is 0.0579. The molecule has 12 heavy (non-hydrogen) atoms. The topological polar surface area (TPSA) is 63.3 Å². The number of carbonyl (C=O) groups excluding carboxylic acids is 1. The van der Waals surface area contributed by atoms with Gasteiger partial charge in [-0.1, -0.05) is 0 Å². The summed E-state index contributed by atoms with van der Waals surface area (Å²) < 4.78 is 0. The maximum absolute atomic E-state index is 11.0. The lowest BCUT2D eigenvalue weighted by Gasteiger charge is -2.46. The fourth-order valence-corrected chi connectivity index (χ4v) is 2.69. The van der Waals surface area contributed by atoms with Gasteiger partial charge in [0.05, 0.1) is 5.60 Å². The Labute approximate surface area is 71.9 Å². The third-order valence-corrected chi connectivity index (χ3v) is 3.50. The van der Waals surface area contributed by atoms with Crippen molar-refractivity contribution in [2.45, 2.75) is 37.7 Å². The van der Waals surface area contributed by atoms with Crippen molar-refractivity contribution in [1.29, 1.82) is 0 Å². The Balaban J connectivity index is 2.16. The van der Waals surface area contributed by atoms with E-state index >= 15 is 0 Å². The van der Waals surface area contributed by atoms with Gasteiger partial charge in [-0.25, -0.2) is 0 Å². The van der Waals surface area contributed by atoms with E-state index in [4.69, 9.17) is 5.73 Å². The average molecular weight is 169 g/mol. The van der Waals surface area contributed by atoms with Gasteiger partial charge in [0.2, 0.25) is 5.91 Å². The highest BCUT2D eigenvalue weighted by atomic mass is 16.3. The predicted octanol–water partition coefficient (Wildman–Crippen LogP) is 0.413. The Bertz CT molecular complexity index is 207. The van der Waals surface area contributed by atoms with Crippen LogP contribution in [-0.2, 0) is 4.79 Å². The number of hydrogen-bond donors (Lipinski definition) is 2. The Kier molecular flexibility index (Phi) is 1.65. The van der Waals surface area contributed by atoms with Gasteiger partial charge in [-0.2, -0.15) is 0 Å². The molecular formula is C9H15NO2. The predicted molar refractivity (Wildman–Crippen MR) is 44.2 cm³/mol. The summed E-state index contributed by atoms with van der Waals surface area (Å²) in [6.45, 7) is 0. The molecule has 3 heteroatoms. The van der Waals surface area contributed by atoms with Gasteiger partial charge in [-0.3, -0.25) is 4.79 Å². The molecule has 0 radical (unpaired) electrons. The highest BCUT2D eigenvalue weighted by molar-refractivity contribution is 5.77. The number of rotatable bonds is 1. The van der Waals surface area contributed by atoms with Gasteiger partial charge in [-0.05, 0) is 38.0 Å². The van der Waals surface area contributed by atoms with E-state index in [2.05, 4.69) is 0 Å². The molecule has 3 saturated carbocycles. The molecule has 3 aliphatic carbocycles. The summed E-state index contributed by atoms with van der Waals surface area (Å²) in [5.74, 6) is 0.173. The van der Waals surface area contributed by atoms with E-state index in [1.807, 2.05) is 0 Å². The molecule has 3 rings (SSSR count). The molecule has 0 aromatic rings. The van der Waals surface area contributed by atoms with Crippen LogP contribution in [0.1, 0.15) is 32.1 Å². The summed E-state index contributed by atoms with van der Waals surface area (Å²) >= 11 is 0. The second-order valence-corrected chi connectivity index (χ2v) is 4.27. The van der Waals surface area contributed by atoms with E-state index in [1.165, 1.54) is 0 Å². The maximum atomic E-state index is 11.0. The zero-order valence-electron chi connectivity index (χ0n) is 7.12. The lowest BCUT2D eigenvalue weighted by Crippen LogP contribution is -2.49. The van der Waals surface area contributed by atoms with Crippen LogP contribution in [-0.4, -0.2) is 16.6 Å². The zero-order chi connectivity index (χ0) is 8.77. The fraction of sp³-hybridized carbons (Fsp3) is 0.889. The third-order valence-electron chi connectivity index (χ3n) is 3.50. The highest BCUT2D eigenvalue weighted by Gasteiger charge is 2.46. The molecule has 0 spiro atoms. The van der Waals surface area contributed by atoms with E-state index in [-0.39, 0.29) is 11.8 Å². The molecule has 0 aromatic carbocycles. The molecule has 3 fully saturated rings. The van der Waals surface area contributed by atoms with Crippen molar-refractivity contribution < 1.29 is 9.90 Å². The Morgan fingerprint density at radius 1 is 1.42 bits per heavy atom. The number of amides is 1. The minimum atomic E-state index is -0.561. The third kappa shape index (κ3) is 1.12. The first-order valence-corrected chi connectivity index (χ1v) is 4.62. The first-order chi connectivity index (χ1) is 5.61. The summed E-state index contributed by atoms with van der Waals surface area (Å²) in [5, 5.41) is 9.93. The second-order valence-electron chi connectivity index (χ2n) is 4.27. The molecule has 0 aromatic heterocycles. The quantitative estimate of drug-likeness (QED) is 0.597. The van der Waals surface area contributed by atoms with E-state index < -0.39 is 5.60 Å². The summed E-state index contributed by atoms with van der Waals surface area (Å²) in [5.41, 5.74) is 4.70. The molecule has 3 nitrogen and oxygen atoms in total. The van der Waals surface area contributed by atoms with Crippen molar-refractivity contribution in [2.75, 3.05) is 0 Å². The lowest BCUT2D eigenvalue weighted by atomic mass is 9.62. The number of hydrogen-bond acceptors (Lipinski definition) is 2. The second kappa shape index (κ2) is 2.46. The molecule has 3 N–H and O–H groups in total. The van der Waals surface area contributed by atoms with Gasteiger partial charge < -0.3 is 10.8 Å². The van der Waals surface area contributed by atoms with Crippen LogP contribution in [0.15, 0.2) is 0 Å². The number of fused-ring (bicyclic) bond motifs is 3. The van der Waals surface area contributed by atoms with Crippen LogP contribution in [0.2, 0.25) is 0 Å². The van der Waals surface area contributed by atoms with Crippen molar-refractivity contribution >= 4 is 5.91 Å². The maximum Gasteiger partial charge on any atom is 0.220 e. The highest BCUT2D eigenvalue weighted by Crippen LogP contribution is 2.47. The molecule has 0 heterocycles. The van der Waals surface area contributed by atoms with Crippen LogP contribution in [0.4, 0.5) is 0 Å². The van der Waals surface area contributed by atoms with Crippen molar-refractivity contribution in [2.24, 2.45) is 17.6 Å². The number of nitrogens with two attached hydrogens (primary N) is 1. The minimum Gasteiger partial charge on any atom is -0.390 e. The lowest BCUT2D eigenvalue weighted by molar-refractivity contribution is -0.137. The Morgan fingerprint density at radius 2 is 2.00 bits per heavy atom. The number of primary amides is 1. The average Bonchev–Trinajstić information content (AvgIpc) is 2.04. The van der Waals surface area contributed by atoms with Crippen LogP contribution < -0.4 is 5.73 Å². The summed E-state index contributed by atoms with van der Waals surface area (Å²) in [7, 11) is 0. The van der Waals surface area contributed by atoms with E-state index in [1.54, 1.807) is 0 Å².